The number of hydrogen-bond donors (Lipinski definition) is 2. The number of nitrogens with two attached hydrogens (primary N) is 1. The highest BCUT2D eigenvalue weighted by atomic mass is 28.4. The Kier molecular flexibility index (Phi) is 10.0. The van der Waals surface area contributed by atoms with Gasteiger partial charge in [-0.1, -0.05) is 20.8 Å². The van der Waals surface area contributed by atoms with E-state index in [1.54, 1.807) is 27.4 Å². The predicted octanol–water partition coefficient (Wildman–Crippen LogP) is 4.88. The molecule has 0 fully saturated rings. The Bertz CT molecular complexity index is 1250. The van der Waals surface area contributed by atoms with Gasteiger partial charge in [0.2, 0.25) is 17.9 Å². The van der Waals surface area contributed by atoms with Gasteiger partial charge in [0, 0.05) is 51.5 Å². The van der Waals surface area contributed by atoms with Crippen LogP contribution in [0.25, 0.3) is 0 Å². The molecule has 0 saturated carbocycles. The van der Waals surface area contributed by atoms with Gasteiger partial charge in [-0.3, -0.25) is 0 Å². The fourth-order valence-corrected chi connectivity index (χ4v) is 5.52. The zero-order valence-electron chi connectivity index (χ0n) is 25.0. The van der Waals surface area contributed by atoms with E-state index in [-0.39, 0.29) is 5.04 Å². The minimum Gasteiger partial charge on any atom is -0.412 e. The molecule has 1 aliphatic heterocycles. The van der Waals surface area contributed by atoms with E-state index < -0.39 is 25.1 Å². The maximum absolute atomic E-state index is 13.4. The summed E-state index contributed by atoms with van der Waals surface area (Å²) in [5.74, 6) is 0.853. The molecule has 1 unspecified atom stereocenters. The van der Waals surface area contributed by atoms with Crippen molar-refractivity contribution in [2.75, 3.05) is 46.3 Å². The number of ether oxygens (including phenoxy) is 3. The number of nitriles is 1. The minimum atomic E-state index is -2.07. The number of carbonyl (C=O) groups is 1. The molecule has 40 heavy (non-hydrogen) atoms. The summed E-state index contributed by atoms with van der Waals surface area (Å²) in [6, 6.07) is 5.27. The van der Waals surface area contributed by atoms with Crippen molar-refractivity contribution in [3.8, 4) is 6.07 Å². The van der Waals surface area contributed by atoms with E-state index in [9.17, 15) is 10.1 Å². The zero-order chi connectivity index (χ0) is 29.7. The van der Waals surface area contributed by atoms with Crippen molar-refractivity contribution in [2.45, 2.75) is 64.6 Å². The first kappa shape index (κ1) is 31.6. The van der Waals surface area contributed by atoms with E-state index in [1.165, 1.54) is 6.20 Å². The molecule has 12 heteroatoms. The van der Waals surface area contributed by atoms with Gasteiger partial charge in [-0.25, -0.2) is 9.78 Å². The number of rotatable bonds is 11. The number of carbonyl (C=O) groups excluding carboxylic acids is 1. The number of aryl methyl sites for hydroxylation is 1. The van der Waals surface area contributed by atoms with Gasteiger partial charge in [0.25, 0.3) is 0 Å². The molecule has 0 bridgehead atoms. The Balaban J connectivity index is 2.20. The predicted molar refractivity (Wildman–Crippen MR) is 157 cm³/mol. The Hall–Kier alpha value is -2.92. The number of nitrogens with one attached hydrogen (secondary N) is 1. The molecule has 218 valence electrons. The quantitative estimate of drug-likeness (QED) is 0.167. The molecule has 3 heterocycles. The van der Waals surface area contributed by atoms with Crippen LogP contribution in [0, 0.1) is 11.3 Å². The molecule has 0 aliphatic carbocycles. The normalized spacial score (nSPS) is 17.4. The van der Waals surface area contributed by atoms with Crippen LogP contribution < -0.4 is 15.5 Å². The molecule has 11 nitrogen and oxygen atoms in total. The fraction of sp³-hybridized carbons (Fsp3) is 0.571. The summed E-state index contributed by atoms with van der Waals surface area (Å²) in [5, 5.41) is 12.9. The Morgan fingerprint density at radius 1 is 1.25 bits per heavy atom. The smallest absolute Gasteiger partial charge is 0.412 e. The standard InChI is InChI=1S/C28H42N6O5Si/c1-28(2,3)40(7,8)39-18-20-14-19-10-9-12-34(27(30)35,25(19)33-24(20)26(37-5)38-6)23-15-22(31-11-13-36-4)21(16-29)17-32-23/h14-15,17,26H,9-13,18H2,1-8H3,(H2-,30,31,32,35)/p+1. The average Bonchev–Trinajstić information content (AvgIpc) is 2.91. The average molecular weight is 572 g/mol. The first-order chi connectivity index (χ1) is 18.9. The zero-order valence-corrected chi connectivity index (χ0v) is 26.0. The molecule has 0 radical (unpaired) electrons. The lowest BCUT2D eigenvalue weighted by atomic mass is 9.99. The van der Waals surface area contributed by atoms with E-state index in [1.807, 2.05) is 6.07 Å². The van der Waals surface area contributed by atoms with Gasteiger partial charge in [0.05, 0.1) is 30.7 Å². The molecule has 2 aromatic heterocycles. The van der Waals surface area contributed by atoms with E-state index >= 15 is 0 Å². The SMILES string of the molecule is COCCNc1cc([N+]2(C(N)=O)CCCc3cc(CO[Si](C)(C)C(C)(C)C)c(C(OC)OC)nc32)ncc1C#N. The third-order valence-corrected chi connectivity index (χ3v) is 12.4. The number of aromatic nitrogens is 2. The molecule has 1 aliphatic rings. The molecule has 0 saturated heterocycles. The van der Waals surface area contributed by atoms with Crippen molar-refractivity contribution in [3.05, 3.63) is 40.7 Å². The number of primary amides is 1. The third-order valence-electron chi connectivity index (χ3n) is 7.94. The number of quaternary nitrogens is 1. The molecule has 0 aromatic carbocycles. The van der Waals surface area contributed by atoms with E-state index in [0.29, 0.717) is 67.7 Å². The highest BCUT2D eigenvalue weighted by Gasteiger charge is 2.48. The summed E-state index contributed by atoms with van der Waals surface area (Å²) in [4.78, 5) is 22.9. The molecular formula is C28H43N6O5Si+. The second-order valence-electron chi connectivity index (χ2n) is 11.5. The first-order valence-electron chi connectivity index (χ1n) is 13.4. The van der Waals surface area contributed by atoms with Gasteiger partial charge in [-0.2, -0.15) is 10.2 Å². The third kappa shape index (κ3) is 6.20. The monoisotopic (exact) mass is 571 g/mol. The summed E-state index contributed by atoms with van der Waals surface area (Å²) < 4.78 is 22.6. The number of hydrogen-bond acceptors (Lipinski definition) is 9. The largest absolute Gasteiger partial charge is 0.426 e. The Morgan fingerprint density at radius 2 is 1.95 bits per heavy atom. The van der Waals surface area contributed by atoms with Crippen molar-refractivity contribution >= 4 is 31.7 Å². The van der Waals surface area contributed by atoms with Gasteiger partial charge in [0.15, 0.2) is 8.32 Å². The van der Waals surface area contributed by atoms with Crippen LogP contribution in [0.2, 0.25) is 18.1 Å². The molecule has 0 spiro atoms. The van der Waals surface area contributed by atoms with Crippen LogP contribution in [0.15, 0.2) is 18.3 Å². The van der Waals surface area contributed by atoms with Gasteiger partial charge >= 0.3 is 6.03 Å². The highest BCUT2D eigenvalue weighted by Crippen LogP contribution is 2.43. The summed E-state index contributed by atoms with van der Waals surface area (Å²) in [6.45, 7) is 12.6. The fourth-order valence-electron chi connectivity index (χ4n) is 4.57. The number of pyridine rings is 2. The lowest BCUT2D eigenvalue weighted by Crippen LogP contribution is -2.56. The Morgan fingerprint density at radius 3 is 2.52 bits per heavy atom. The van der Waals surface area contributed by atoms with Crippen LogP contribution >= 0.6 is 0 Å². The topological polar surface area (TPSA) is 142 Å². The van der Waals surface area contributed by atoms with Crippen LogP contribution in [0.3, 0.4) is 0 Å². The summed E-state index contributed by atoms with van der Waals surface area (Å²) in [7, 11) is 2.62. The summed E-state index contributed by atoms with van der Waals surface area (Å²) in [5.41, 5.74) is 9.30. The van der Waals surface area contributed by atoms with Gasteiger partial charge in [-0.15, -0.1) is 4.48 Å². The van der Waals surface area contributed by atoms with Gasteiger partial charge in [-0.05, 0) is 30.6 Å². The first-order valence-corrected chi connectivity index (χ1v) is 16.3. The lowest BCUT2D eigenvalue weighted by Gasteiger charge is -2.37. The second kappa shape index (κ2) is 12.7. The minimum absolute atomic E-state index is 0.0327. The van der Waals surface area contributed by atoms with Crippen molar-refractivity contribution < 1.29 is 23.4 Å². The maximum Gasteiger partial charge on any atom is 0.426 e. The van der Waals surface area contributed by atoms with E-state index in [0.717, 1.165) is 11.1 Å². The van der Waals surface area contributed by atoms with E-state index in [2.05, 4.69) is 50.2 Å². The molecule has 1 atom stereocenters. The summed E-state index contributed by atoms with van der Waals surface area (Å²) in [6.07, 6.45) is 2.08. The molecule has 2 amide bonds. The second-order valence-corrected chi connectivity index (χ2v) is 16.3. The van der Waals surface area contributed by atoms with Gasteiger partial charge < -0.3 is 29.7 Å². The lowest BCUT2D eigenvalue weighted by molar-refractivity contribution is -0.109. The van der Waals surface area contributed by atoms with Crippen molar-refractivity contribution in [1.29, 1.82) is 5.26 Å². The van der Waals surface area contributed by atoms with Crippen LogP contribution in [-0.2, 0) is 31.7 Å². The van der Waals surface area contributed by atoms with Crippen LogP contribution in [-0.4, -0.2) is 65.3 Å². The van der Waals surface area contributed by atoms with Crippen molar-refractivity contribution in [2.24, 2.45) is 5.73 Å². The molecule has 3 N–H and O–H groups in total. The van der Waals surface area contributed by atoms with Crippen molar-refractivity contribution in [3.63, 3.8) is 0 Å². The number of amides is 2. The number of nitrogens with zero attached hydrogens (tertiary/aromatic N) is 4. The van der Waals surface area contributed by atoms with Gasteiger partial charge in [0.1, 0.15) is 18.3 Å². The van der Waals surface area contributed by atoms with Crippen molar-refractivity contribution in [1.82, 2.24) is 14.5 Å². The van der Waals surface area contributed by atoms with E-state index in [4.69, 9.17) is 29.4 Å². The highest BCUT2D eigenvalue weighted by molar-refractivity contribution is 6.74. The molecule has 3 rings (SSSR count). The van der Waals surface area contributed by atoms with Crippen LogP contribution in [0.5, 0.6) is 0 Å². The number of fused-ring (bicyclic) bond motifs is 1. The maximum atomic E-state index is 13.4. The molecular weight excluding hydrogens is 528 g/mol. The summed E-state index contributed by atoms with van der Waals surface area (Å²) >= 11 is 0. The number of methoxy groups -OCH3 is 3. The molecule has 2 aromatic rings. The Labute approximate surface area is 238 Å². The van der Waals surface area contributed by atoms with Crippen LogP contribution in [0.4, 0.5) is 22.1 Å². The number of anilines is 1. The van der Waals surface area contributed by atoms with Crippen LogP contribution in [0.1, 0.15) is 55.9 Å². The number of urea groups is 1.